The summed E-state index contributed by atoms with van der Waals surface area (Å²) in [6, 6.07) is 0. The number of nitrogens with one attached hydrogen (secondary N) is 2. The van der Waals surface area contributed by atoms with E-state index in [0.717, 1.165) is 0 Å². The minimum Gasteiger partial charge on any atom is -0.364 e. The summed E-state index contributed by atoms with van der Waals surface area (Å²) in [6.07, 6.45) is 2.22. The first-order valence-electron chi connectivity index (χ1n) is 5.22. The molecule has 0 saturated carbocycles. The number of amides is 2. The van der Waals surface area contributed by atoms with E-state index >= 15 is 0 Å². The molecule has 6 nitrogen and oxygen atoms in total. The molecule has 6 heteroatoms. The average Bonchev–Trinajstić information content (AvgIpc) is 2.29. The lowest BCUT2D eigenvalue weighted by Crippen LogP contribution is -2.26. The lowest BCUT2D eigenvalue weighted by atomic mass is 10.2. The van der Waals surface area contributed by atoms with E-state index in [4.69, 9.17) is 9.47 Å². The van der Waals surface area contributed by atoms with Gasteiger partial charge in [-0.2, -0.15) is 0 Å². The van der Waals surface area contributed by atoms with Gasteiger partial charge in [-0.25, -0.2) is 0 Å². The van der Waals surface area contributed by atoms with Gasteiger partial charge in [0, 0.05) is 27.1 Å². The second-order valence-corrected chi connectivity index (χ2v) is 3.27. The quantitative estimate of drug-likeness (QED) is 0.433. The van der Waals surface area contributed by atoms with E-state index in [1.807, 2.05) is 0 Å². The van der Waals surface area contributed by atoms with Gasteiger partial charge in [0.1, 0.15) is 13.5 Å². The van der Waals surface area contributed by atoms with Crippen LogP contribution < -0.4 is 10.6 Å². The van der Waals surface area contributed by atoms with Crippen molar-refractivity contribution in [3.63, 3.8) is 0 Å². The van der Waals surface area contributed by atoms with Crippen LogP contribution in [0.1, 0.15) is 25.7 Å². The maximum absolute atomic E-state index is 11.1. The number of ether oxygens (including phenoxy) is 2. The molecular formula is C10H20N2O4. The Morgan fingerprint density at radius 1 is 0.875 bits per heavy atom. The molecule has 2 amide bonds. The summed E-state index contributed by atoms with van der Waals surface area (Å²) >= 11 is 0. The van der Waals surface area contributed by atoms with Gasteiger partial charge in [0.05, 0.1) is 0 Å². The molecule has 0 aliphatic rings. The van der Waals surface area contributed by atoms with Crippen LogP contribution in [-0.2, 0) is 19.1 Å². The Hall–Kier alpha value is -1.14. The van der Waals surface area contributed by atoms with Crippen molar-refractivity contribution >= 4 is 11.8 Å². The van der Waals surface area contributed by atoms with E-state index in [1.165, 1.54) is 14.2 Å². The predicted molar refractivity (Wildman–Crippen MR) is 58.5 cm³/mol. The molecular weight excluding hydrogens is 212 g/mol. The molecule has 0 spiro atoms. The Kier molecular flexibility index (Phi) is 9.64. The summed E-state index contributed by atoms with van der Waals surface area (Å²) in [5.41, 5.74) is 0. The first-order valence-corrected chi connectivity index (χ1v) is 5.22. The highest BCUT2D eigenvalue weighted by Gasteiger charge is 2.02. The molecule has 0 heterocycles. The largest absolute Gasteiger partial charge is 0.364 e. The van der Waals surface area contributed by atoms with Crippen LogP contribution in [0.15, 0.2) is 0 Å². The maximum Gasteiger partial charge on any atom is 0.221 e. The third kappa shape index (κ3) is 9.42. The molecule has 0 aromatic rings. The first-order chi connectivity index (χ1) is 7.70. The fourth-order valence-corrected chi connectivity index (χ4v) is 1.05. The number of hydrogen-bond donors (Lipinski definition) is 2. The maximum atomic E-state index is 11.1. The molecule has 2 N–H and O–H groups in total. The molecule has 0 unspecified atom stereocenters. The van der Waals surface area contributed by atoms with Gasteiger partial charge in [-0.05, 0) is 12.8 Å². The van der Waals surface area contributed by atoms with Crippen molar-refractivity contribution in [2.24, 2.45) is 0 Å². The molecule has 16 heavy (non-hydrogen) atoms. The molecule has 0 aliphatic carbocycles. The molecule has 0 atom stereocenters. The lowest BCUT2D eigenvalue weighted by Gasteiger charge is -2.04. The van der Waals surface area contributed by atoms with E-state index in [2.05, 4.69) is 10.6 Å². The summed E-state index contributed by atoms with van der Waals surface area (Å²) in [7, 11) is 3.03. The molecule has 94 valence electrons. The normalized spacial score (nSPS) is 9.88. The van der Waals surface area contributed by atoms with Crippen LogP contribution in [-0.4, -0.2) is 39.5 Å². The Labute approximate surface area is 95.7 Å². The minimum atomic E-state index is -0.0563. The van der Waals surface area contributed by atoms with Crippen molar-refractivity contribution in [2.45, 2.75) is 25.7 Å². The molecule has 0 aromatic heterocycles. The molecule has 0 aromatic carbocycles. The SMILES string of the molecule is COCNC(=O)CCCCC(=O)NCOC. The first kappa shape index (κ1) is 14.9. The Bertz CT molecular complexity index is 187. The number of methoxy groups -OCH3 is 2. The van der Waals surface area contributed by atoms with E-state index in [0.29, 0.717) is 25.7 Å². The highest BCUT2D eigenvalue weighted by Crippen LogP contribution is 1.99. The highest BCUT2D eigenvalue weighted by molar-refractivity contribution is 5.76. The minimum absolute atomic E-state index is 0.0563. The van der Waals surface area contributed by atoms with Gasteiger partial charge in [0.2, 0.25) is 11.8 Å². The standard InChI is InChI=1S/C10H20N2O4/c1-15-7-11-9(13)5-3-4-6-10(14)12-8-16-2/h3-8H2,1-2H3,(H,11,13)(H,12,14). The second-order valence-electron chi connectivity index (χ2n) is 3.27. The number of hydrogen-bond acceptors (Lipinski definition) is 4. The summed E-state index contributed by atoms with van der Waals surface area (Å²) in [6.45, 7) is 0.459. The molecule has 0 bridgehead atoms. The van der Waals surface area contributed by atoms with Crippen molar-refractivity contribution < 1.29 is 19.1 Å². The van der Waals surface area contributed by atoms with E-state index in [9.17, 15) is 9.59 Å². The second kappa shape index (κ2) is 10.4. The van der Waals surface area contributed by atoms with Crippen molar-refractivity contribution in [1.29, 1.82) is 0 Å². The zero-order chi connectivity index (χ0) is 12.2. The van der Waals surface area contributed by atoms with Gasteiger partial charge in [-0.15, -0.1) is 0 Å². The van der Waals surface area contributed by atoms with Crippen LogP contribution in [0.5, 0.6) is 0 Å². The molecule has 0 fully saturated rings. The smallest absolute Gasteiger partial charge is 0.221 e. The topological polar surface area (TPSA) is 76.7 Å². The lowest BCUT2D eigenvalue weighted by molar-refractivity contribution is -0.124. The van der Waals surface area contributed by atoms with Gasteiger partial charge < -0.3 is 20.1 Å². The van der Waals surface area contributed by atoms with Crippen LogP contribution in [0, 0.1) is 0 Å². The summed E-state index contributed by atoms with van der Waals surface area (Å²) in [4.78, 5) is 22.2. The third-order valence-electron chi connectivity index (χ3n) is 1.89. The fraction of sp³-hybridized carbons (Fsp3) is 0.800. The van der Waals surface area contributed by atoms with Crippen LogP contribution in [0.2, 0.25) is 0 Å². The van der Waals surface area contributed by atoms with Crippen LogP contribution in [0.25, 0.3) is 0 Å². The predicted octanol–water partition coefficient (Wildman–Crippen LogP) is -0.0130. The molecule has 0 aliphatic heterocycles. The average molecular weight is 232 g/mol. The van der Waals surface area contributed by atoms with Gasteiger partial charge in [0.15, 0.2) is 0 Å². The highest BCUT2D eigenvalue weighted by atomic mass is 16.5. The fourth-order valence-electron chi connectivity index (χ4n) is 1.05. The molecule has 0 rings (SSSR count). The number of rotatable bonds is 9. The number of carbonyl (C=O) groups excluding carboxylic acids is 2. The van der Waals surface area contributed by atoms with Crippen molar-refractivity contribution in [1.82, 2.24) is 10.6 Å². The van der Waals surface area contributed by atoms with Gasteiger partial charge in [-0.3, -0.25) is 9.59 Å². The van der Waals surface area contributed by atoms with Gasteiger partial charge >= 0.3 is 0 Å². The Morgan fingerprint density at radius 3 is 1.56 bits per heavy atom. The zero-order valence-corrected chi connectivity index (χ0v) is 9.88. The van der Waals surface area contributed by atoms with Crippen molar-refractivity contribution in [3.05, 3.63) is 0 Å². The molecule has 0 saturated heterocycles. The van der Waals surface area contributed by atoms with Crippen LogP contribution in [0.3, 0.4) is 0 Å². The summed E-state index contributed by atoms with van der Waals surface area (Å²) in [5.74, 6) is -0.113. The van der Waals surface area contributed by atoms with E-state index in [1.54, 1.807) is 0 Å². The number of carbonyl (C=O) groups is 2. The Balaban J connectivity index is 3.31. The summed E-state index contributed by atoms with van der Waals surface area (Å²) < 4.78 is 9.38. The van der Waals surface area contributed by atoms with Crippen molar-refractivity contribution in [2.75, 3.05) is 27.7 Å². The molecule has 0 radical (unpaired) electrons. The summed E-state index contributed by atoms with van der Waals surface area (Å²) in [5, 5.41) is 5.15. The third-order valence-corrected chi connectivity index (χ3v) is 1.89. The van der Waals surface area contributed by atoms with E-state index in [-0.39, 0.29) is 25.3 Å². The Morgan fingerprint density at radius 2 is 1.25 bits per heavy atom. The van der Waals surface area contributed by atoms with Crippen LogP contribution in [0.4, 0.5) is 0 Å². The number of unbranched alkanes of at least 4 members (excludes halogenated alkanes) is 1. The van der Waals surface area contributed by atoms with Crippen molar-refractivity contribution in [3.8, 4) is 0 Å². The zero-order valence-electron chi connectivity index (χ0n) is 9.88. The van der Waals surface area contributed by atoms with E-state index < -0.39 is 0 Å². The van der Waals surface area contributed by atoms with Gasteiger partial charge in [-0.1, -0.05) is 0 Å². The van der Waals surface area contributed by atoms with Gasteiger partial charge in [0.25, 0.3) is 0 Å². The van der Waals surface area contributed by atoms with Crippen LogP contribution >= 0.6 is 0 Å². The monoisotopic (exact) mass is 232 g/mol.